The number of carbonyl (C=O) groups excluding carboxylic acids is 1. The van der Waals surface area contributed by atoms with Crippen molar-refractivity contribution in [1.29, 1.82) is 0 Å². The van der Waals surface area contributed by atoms with Gasteiger partial charge in [-0.2, -0.15) is 0 Å². The molecule has 5 atom stereocenters. The van der Waals surface area contributed by atoms with Crippen LogP contribution in [0.3, 0.4) is 0 Å². The smallest absolute Gasteiger partial charge is 0.226 e. The Hall–Kier alpha value is -0.570. The number of aliphatic hydroxyl groups is 1. The zero-order valence-electron chi connectivity index (χ0n) is 10.4. The molecule has 0 spiro atoms. The Morgan fingerprint density at radius 1 is 1.29 bits per heavy atom. The van der Waals surface area contributed by atoms with Crippen molar-refractivity contribution in [2.24, 2.45) is 29.6 Å². The van der Waals surface area contributed by atoms with Gasteiger partial charge in [0.15, 0.2) is 0 Å². The summed E-state index contributed by atoms with van der Waals surface area (Å²) in [6.45, 7) is 3.16. The van der Waals surface area contributed by atoms with Crippen molar-refractivity contribution in [2.75, 3.05) is 13.1 Å². The molecule has 0 aromatic rings. The number of β-amino-alcohol motifs (C(OH)–C–C–N with tert-alkyl or cyclic N) is 1. The van der Waals surface area contributed by atoms with Crippen molar-refractivity contribution in [1.82, 2.24) is 4.90 Å². The molecule has 3 heteroatoms. The zero-order valence-corrected chi connectivity index (χ0v) is 10.4. The first-order valence-corrected chi connectivity index (χ1v) is 7.08. The quantitative estimate of drug-likeness (QED) is 0.743. The van der Waals surface area contributed by atoms with Crippen LogP contribution in [-0.2, 0) is 4.79 Å². The summed E-state index contributed by atoms with van der Waals surface area (Å²) in [5.74, 6) is 3.88. The largest absolute Gasteiger partial charge is 0.388 e. The lowest BCUT2D eigenvalue weighted by Crippen LogP contribution is -2.35. The Morgan fingerprint density at radius 3 is 2.47 bits per heavy atom. The standard InChI is InChI=1S/C14H21NO2/c1-14(17)4-5-15(7-14)13(16)12-10-8-2-3-9(6-8)11(10)12/h8-12,17H,2-7H2,1H3. The third kappa shape index (κ3) is 1.35. The normalized spacial score (nSPS) is 55.2. The summed E-state index contributed by atoms with van der Waals surface area (Å²) in [5, 5.41) is 9.94. The molecule has 0 aromatic carbocycles. The van der Waals surface area contributed by atoms with Gasteiger partial charge in [0.2, 0.25) is 5.91 Å². The molecular formula is C14H21NO2. The minimum Gasteiger partial charge on any atom is -0.388 e. The summed E-state index contributed by atoms with van der Waals surface area (Å²) < 4.78 is 0. The van der Waals surface area contributed by atoms with Gasteiger partial charge in [-0.25, -0.2) is 0 Å². The van der Waals surface area contributed by atoms with Gasteiger partial charge in [0.1, 0.15) is 0 Å². The highest BCUT2D eigenvalue weighted by Crippen LogP contribution is 2.69. The maximum absolute atomic E-state index is 12.4. The second-order valence-electron chi connectivity index (χ2n) is 7.02. The number of amides is 1. The zero-order chi connectivity index (χ0) is 11.8. The van der Waals surface area contributed by atoms with Gasteiger partial charge in [-0.3, -0.25) is 4.79 Å². The number of nitrogens with zero attached hydrogens (tertiary/aromatic N) is 1. The van der Waals surface area contributed by atoms with E-state index in [1.54, 1.807) is 0 Å². The van der Waals surface area contributed by atoms with Gasteiger partial charge in [-0.15, -0.1) is 0 Å². The highest BCUT2D eigenvalue weighted by Gasteiger charge is 2.68. The molecule has 0 aromatic heterocycles. The van der Waals surface area contributed by atoms with Gasteiger partial charge in [0, 0.05) is 19.0 Å². The number of rotatable bonds is 1. The van der Waals surface area contributed by atoms with E-state index in [2.05, 4.69) is 0 Å². The summed E-state index contributed by atoms with van der Waals surface area (Å²) in [7, 11) is 0. The highest BCUT2D eigenvalue weighted by molar-refractivity contribution is 5.83. The van der Waals surface area contributed by atoms with Crippen LogP contribution in [0.2, 0.25) is 0 Å². The van der Waals surface area contributed by atoms with Crippen LogP contribution >= 0.6 is 0 Å². The lowest BCUT2D eigenvalue weighted by atomic mass is 10.0. The number of carbonyl (C=O) groups is 1. The summed E-state index contributed by atoms with van der Waals surface area (Å²) in [6.07, 6.45) is 4.88. The van der Waals surface area contributed by atoms with Gasteiger partial charge in [-0.1, -0.05) is 0 Å². The first-order valence-electron chi connectivity index (χ1n) is 7.08. The van der Waals surface area contributed by atoms with E-state index in [0.717, 1.165) is 36.6 Å². The fraction of sp³-hybridized carbons (Fsp3) is 0.929. The van der Waals surface area contributed by atoms with Gasteiger partial charge in [0.05, 0.1) is 5.60 Å². The molecule has 2 bridgehead atoms. The summed E-state index contributed by atoms with van der Waals surface area (Å²) >= 11 is 0. The van der Waals surface area contributed by atoms with Crippen molar-refractivity contribution in [3.8, 4) is 0 Å². The Balaban J connectivity index is 1.46. The molecule has 5 unspecified atom stereocenters. The molecule has 0 radical (unpaired) electrons. The molecule has 3 nitrogen and oxygen atoms in total. The molecule has 1 amide bonds. The van der Waals surface area contributed by atoms with Gasteiger partial charge in [0.25, 0.3) is 0 Å². The lowest BCUT2D eigenvalue weighted by molar-refractivity contribution is -0.133. The number of likely N-dealkylation sites (tertiary alicyclic amines) is 1. The van der Waals surface area contributed by atoms with E-state index in [1.165, 1.54) is 19.3 Å². The molecule has 1 N–H and O–H groups in total. The van der Waals surface area contributed by atoms with Crippen LogP contribution in [0, 0.1) is 29.6 Å². The van der Waals surface area contributed by atoms with Crippen molar-refractivity contribution in [3.05, 3.63) is 0 Å². The van der Waals surface area contributed by atoms with Crippen LogP contribution < -0.4 is 0 Å². The molecular weight excluding hydrogens is 214 g/mol. The van der Waals surface area contributed by atoms with Crippen molar-refractivity contribution >= 4 is 5.91 Å². The lowest BCUT2D eigenvalue weighted by Gasteiger charge is -2.20. The maximum atomic E-state index is 12.4. The van der Waals surface area contributed by atoms with E-state index in [4.69, 9.17) is 0 Å². The molecule has 4 fully saturated rings. The predicted octanol–water partition coefficient (Wildman–Crippen LogP) is 1.26. The summed E-state index contributed by atoms with van der Waals surface area (Å²) in [4.78, 5) is 14.4. The van der Waals surface area contributed by atoms with Gasteiger partial charge in [-0.05, 0) is 56.3 Å². The van der Waals surface area contributed by atoms with Crippen LogP contribution in [0.5, 0.6) is 0 Å². The Bertz CT molecular complexity index is 362. The Morgan fingerprint density at radius 2 is 1.94 bits per heavy atom. The van der Waals surface area contributed by atoms with Crippen LogP contribution in [0.4, 0.5) is 0 Å². The van der Waals surface area contributed by atoms with E-state index >= 15 is 0 Å². The molecule has 4 aliphatic rings. The van der Waals surface area contributed by atoms with Gasteiger partial charge < -0.3 is 10.0 Å². The van der Waals surface area contributed by atoms with Crippen LogP contribution in [0.1, 0.15) is 32.6 Å². The third-order valence-corrected chi connectivity index (χ3v) is 5.78. The van der Waals surface area contributed by atoms with E-state index in [1.807, 2.05) is 11.8 Å². The molecule has 3 aliphatic carbocycles. The molecule has 94 valence electrons. The predicted molar refractivity (Wildman–Crippen MR) is 63.1 cm³/mol. The SMILES string of the molecule is CC1(O)CCN(C(=O)C2C3C4CCC(C4)C23)C1. The van der Waals surface area contributed by atoms with Crippen LogP contribution in [0.25, 0.3) is 0 Å². The Labute approximate surface area is 102 Å². The monoisotopic (exact) mass is 235 g/mol. The molecule has 1 aliphatic heterocycles. The summed E-state index contributed by atoms with van der Waals surface area (Å²) in [6, 6.07) is 0. The molecule has 3 saturated carbocycles. The number of hydrogen-bond acceptors (Lipinski definition) is 2. The maximum Gasteiger partial charge on any atom is 0.226 e. The highest BCUT2D eigenvalue weighted by atomic mass is 16.3. The average Bonchev–Trinajstić information content (AvgIpc) is 2.63. The van der Waals surface area contributed by atoms with E-state index in [-0.39, 0.29) is 0 Å². The first kappa shape index (κ1) is 10.4. The van der Waals surface area contributed by atoms with E-state index in [9.17, 15) is 9.90 Å². The second kappa shape index (κ2) is 3.05. The number of fused-ring (bicyclic) bond motifs is 5. The molecule has 1 saturated heterocycles. The minimum absolute atomic E-state index is 0.343. The Kier molecular flexibility index (Phi) is 1.86. The summed E-state index contributed by atoms with van der Waals surface area (Å²) in [5.41, 5.74) is -0.640. The third-order valence-electron chi connectivity index (χ3n) is 5.78. The molecule has 1 heterocycles. The van der Waals surface area contributed by atoms with Crippen LogP contribution in [-0.4, -0.2) is 34.6 Å². The molecule has 4 rings (SSSR count). The topological polar surface area (TPSA) is 40.5 Å². The van der Waals surface area contributed by atoms with Crippen LogP contribution in [0.15, 0.2) is 0 Å². The van der Waals surface area contributed by atoms with Gasteiger partial charge >= 0.3 is 0 Å². The average molecular weight is 235 g/mol. The first-order chi connectivity index (χ1) is 8.07. The minimum atomic E-state index is -0.640. The van der Waals surface area contributed by atoms with E-state index < -0.39 is 5.60 Å². The van der Waals surface area contributed by atoms with Crippen molar-refractivity contribution < 1.29 is 9.90 Å². The fourth-order valence-corrected chi connectivity index (χ4v) is 5.00. The second-order valence-corrected chi connectivity index (χ2v) is 7.02. The molecule has 17 heavy (non-hydrogen) atoms. The van der Waals surface area contributed by atoms with Crippen molar-refractivity contribution in [3.63, 3.8) is 0 Å². The number of hydrogen-bond donors (Lipinski definition) is 1. The fourth-order valence-electron chi connectivity index (χ4n) is 5.00. The van der Waals surface area contributed by atoms with Crippen molar-refractivity contribution in [2.45, 2.75) is 38.2 Å². The van der Waals surface area contributed by atoms with E-state index in [0.29, 0.717) is 18.4 Å².